The first-order valence-electron chi connectivity index (χ1n) is 6.31. The minimum Gasteiger partial charge on any atom is -0.368 e. The van der Waals surface area contributed by atoms with Crippen LogP contribution in [0.5, 0.6) is 0 Å². The molecule has 0 heterocycles. The summed E-state index contributed by atoms with van der Waals surface area (Å²) in [7, 11) is 0. The van der Waals surface area contributed by atoms with Crippen molar-refractivity contribution in [1.82, 2.24) is 0 Å². The van der Waals surface area contributed by atoms with Gasteiger partial charge in [-0.3, -0.25) is 0 Å². The molecule has 0 bridgehead atoms. The van der Waals surface area contributed by atoms with Crippen LogP contribution in [0, 0.1) is 0 Å². The largest absolute Gasteiger partial charge is 0.368 e. The number of rotatable bonds is 3. The molecule has 0 spiro atoms. The zero-order valence-corrected chi connectivity index (χ0v) is 10.1. The first-order valence-corrected chi connectivity index (χ1v) is 6.31. The predicted molar refractivity (Wildman–Crippen MR) is 71.2 cm³/mol. The van der Waals surface area contributed by atoms with E-state index in [2.05, 4.69) is 36.4 Å². The van der Waals surface area contributed by atoms with Gasteiger partial charge in [0.05, 0.1) is 0 Å². The summed E-state index contributed by atoms with van der Waals surface area (Å²) in [6.07, 6.45) is -0.0381. The lowest BCUT2D eigenvalue weighted by Crippen LogP contribution is -2.07. The van der Waals surface area contributed by atoms with Gasteiger partial charge < -0.3 is 10.2 Å². The van der Waals surface area contributed by atoms with Gasteiger partial charge in [-0.05, 0) is 35.1 Å². The zero-order chi connectivity index (χ0) is 12.5. The number of hydrogen-bond donors (Lipinski definition) is 2. The van der Waals surface area contributed by atoms with Gasteiger partial charge in [0.25, 0.3) is 0 Å². The molecule has 0 atom stereocenters. The fourth-order valence-corrected chi connectivity index (χ4v) is 2.89. The molecule has 3 rings (SSSR count). The highest BCUT2D eigenvalue weighted by Crippen LogP contribution is 2.46. The molecule has 1 aliphatic carbocycles. The van der Waals surface area contributed by atoms with Gasteiger partial charge >= 0.3 is 0 Å². The second-order valence-electron chi connectivity index (χ2n) is 4.79. The lowest BCUT2D eigenvalue weighted by molar-refractivity contribution is -0.0468. The summed E-state index contributed by atoms with van der Waals surface area (Å²) in [5.41, 5.74) is 5.18. The third-order valence-corrected chi connectivity index (χ3v) is 3.68. The van der Waals surface area contributed by atoms with Crippen LogP contribution in [-0.4, -0.2) is 16.5 Å². The summed E-state index contributed by atoms with van der Waals surface area (Å²) < 4.78 is 0. The molecule has 18 heavy (non-hydrogen) atoms. The molecule has 2 N–H and O–H groups in total. The lowest BCUT2D eigenvalue weighted by atomic mass is 9.92. The Morgan fingerprint density at radius 2 is 1.33 bits per heavy atom. The van der Waals surface area contributed by atoms with Crippen LogP contribution < -0.4 is 0 Å². The van der Waals surface area contributed by atoms with E-state index in [-0.39, 0.29) is 0 Å². The third-order valence-electron chi connectivity index (χ3n) is 3.68. The molecule has 92 valence electrons. The zero-order valence-electron chi connectivity index (χ0n) is 10.1. The van der Waals surface area contributed by atoms with Crippen molar-refractivity contribution in [1.29, 1.82) is 0 Å². The predicted octanol–water partition coefficient (Wildman–Crippen LogP) is 2.89. The SMILES string of the molecule is OC(O)CCC1c2ccccc2-c2ccccc21. The summed E-state index contributed by atoms with van der Waals surface area (Å²) >= 11 is 0. The Morgan fingerprint density at radius 3 is 1.83 bits per heavy atom. The van der Waals surface area contributed by atoms with Crippen LogP contribution in [0.2, 0.25) is 0 Å². The van der Waals surface area contributed by atoms with E-state index in [0.717, 1.165) is 6.42 Å². The summed E-state index contributed by atoms with van der Waals surface area (Å²) in [6.45, 7) is 0. The van der Waals surface area contributed by atoms with E-state index in [0.29, 0.717) is 12.3 Å². The van der Waals surface area contributed by atoms with Gasteiger partial charge in [0, 0.05) is 5.92 Å². The van der Waals surface area contributed by atoms with E-state index < -0.39 is 6.29 Å². The quantitative estimate of drug-likeness (QED) is 0.810. The first kappa shape index (κ1) is 11.5. The Morgan fingerprint density at radius 1 is 0.833 bits per heavy atom. The highest BCUT2D eigenvalue weighted by molar-refractivity contribution is 5.78. The molecular formula is C16H16O2. The molecule has 1 aliphatic rings. The van der Waals surface area contributed by atoms with Gasteiger partial charge in [0.15, 0.2) is 6.29 Å². The van der Waals surface area contributed by atoms with Gasteiger partial charge in [-0.1, -0.05) is 48.5 Å². The van der Waals surface area contributed by atoms with Gasteiger partial charge in [0.2, 0.25) is 0 Å². The second-order valence-corrected chi connectivity index (χ2v) is 4.79. The van der Waals surface area contributed by atoms with Crippen LogP contribution >= 0.6 is 0 Å². The fourth-order valence-electron chi connectivity index (χ4n) is 2.89. The molecular weight excluding hydrogens is 224 g/mol. The fraction of sp³-hybridized carbons (Fsp3) is 0.250. The van der Waals surface area contributed by atoms with Gasteiger partial charge in [0.1, 0.15) is 0 Å². The molecule has 0 aromatic heterocycles. The Hall–Kier alpha value is -1.64. The highest BCUT2D eigenvalue weighted by atomic mass is 16.5. The number of hydrogen-bond acceptors (Lipinski definition) is 2. The average Bonchev–Trinajstić information content (AvgIpc) is 2.71. The summed E-state index contributed by atoms with van der Waals surface area (Å²) in [5.74, 6) is 0.291. The summed E-state index contributed by atoms with van der Waals surface area (Å²) in [4.78, 5) is 0. The van der Waals surface area contributed by atoms with E-state index in [1.165, 1.54) is 22.3 Å². The number of benzene rings is 2. The van der Waals surface area contributed by atoms with E-state index in [1.54, 1.807) is 0 Å². The Bertz CT molecular complexity index is 515. The second kappa shape index (κ2) is 4.56. The van der Waals surface area contributed by atoms with Crippen LogP contribution in [-0.2, 0) is 0 Å². The highest BCUT2D eigenvalue weighted by Gasteiger charge is 2.27. The van der Waals surface area contributed by atoms with Crippen LogP contribution in [0.4, 0.5) is 0 Å². The molecule has 0 fully saturated rings. The molecule has 2 aromatic carbocycles. The van der Waals surface area contributed by atoms with Crippen molar-refractivity contribution in [2.75, 3.05) is 0 Å². The van der Waals surface area contributed by atoms with Crippen molar-refractivity contribution in [2.24, 2.45) is 0 Å². The number of fused-ring (bicyclic) bond motifs is 3. The van der Waals surface area contributed by atoms with Crippen molar-refractivity contribution >= 4 is 0 Å². The standard InChI is InChI=1S/C16H16O2/c17-16(18)10-9-15-13-7-3-1-5-11(13)12-6-2-4-8-14(12)15/h1-8,15-18H,9-10H2. The van der Waals surface area contributed by atoms with Gasteiger partial charge in [-0.25, -0.2) is 0 Å². The van der Waals surface area contributed by atoms with E-state index >= 15 is 0 Å². The van der Waals surface area contributed by atoms with Crippen molar-refractivity contribution < 1.29 is 10.2 Å². The van der Waals surface area contributed by atoms with Crippen LogP contribution in [0.3, 0.4) is 0 Å². The monoisotopic (exact) mass is 240 g/mol. The van der Waals surface area contributed by atoms with Crippen molar-refractivity contribution in [2.45, 2.75) is 25.0 Å². The number of aliphatic hydroxyl groups excluding tert-OH is 1. The molecule has 0 radical (unpaired) electrons. The first-order chi connectivity index (χ1) is 8.77. The number of aliphatic hydroxyl groups is 2. The Balaban J connectivity index is 2.03. The average molecular weight is 240 g/mol. The van der Waals surface area contributed by atoms with Crippen molar-refractivity contribution in [3.63, 3.8) is 0 Å². The Kier molecular flexibility index (Phi) is 2.90. The normalized spacial score (nSPS) is 13.7. The molecule has 0 saturated heterocycles. The third kappa shape index (κ3) is 1.84. The Labute approximate surface area is 107 Å². The van der Waals surface area contributed by atoms with Crippen LogP contribution in [0.15, 0.2) is 48.5 Å². The minimum atomic E-state index is -1.22. The van der Waals surface area contributed by atoms with Crippen molar-refractivity contribution in [3.05, 3.63) is 59.7 Å². The van der Waals surface area contributed by atoms with E-state index in [9.17, 15) is 0 Å². The smallest absolute Gasteiger partial charge is 0.151 e. The maximum absolute atomic E-state index is 9.06. The molecule has 0 saturated carbocycles. The van der Waals surface area contributed by atoms with Crippen LogP contribution in [0.1, 0.15) is 29.9 Å². The van der Waals surface area contributed by atoms with Gasteiger partial charge in [-0.15, -0.1) is 0 Å². The maximum atomic E-state index is 9.06. The topological polar surface area (TPSA) is 40.5 Å². The molecule has 2 heteroatoms. The molecule has 2 nitrogen and oxygen atoms in total. The van der Waals surface area contributed by atoms with Crippen molar-refractivity contribution in [3.8, 4) is 11.1 Å². The van der Waals surface area contributed by atoms with E-state index in [4.69, 9.17) is 10.2 Å². The van der Waals surface area contributed by atoms with E-state index in [1.807, 2.05) is 12.1 Å². The lowest BCUT2D eigenvalue weighted by Gasteiger charge is -2.14. The molecule has 0 aliphatic heterocycles. The molecule has 2 aromatic rings. The summed E-state index contributed by atoms with van der Waals surface area (Å²) in [6, 6.07) is 16.8. The summed E-state index contributed by atoms with van der Waals surface area (Å²) in [5, 5.41) is 18.1. The van der Waals surface area contributed by atoms with Gasteiger partial charge in [-0.2, -0.15) is 0 Å². The van der Waals surface area contributed by atoms with Crippen LogP contribution in [0.25, 0.3) is 11.1 Å². The minimum absolute atomic E-state index is 0.291. The maximum Gasteiger partial charge on any atom is 0.151 e. The molecule has 0 amide bonds. The molecule has 0 unspecified atom stereocenters.